The van der Waals surface area contributed by atoms with Gasteiger partial charge in [0.2, 0.25) is 5.91 Å². The summed E-state index contributed by atoms with van der Waals surface area (Å²) < 4.78 is 0. The Kier molecular flexibility index (Phi) is 4.38. The molecule has 0 aromatic heterocycles. The standard InChI is InChI=1S/C17H18N2O2/c1-11-8-14(10-15(18)9-11)16(20)7-4-12-2-5-13(6-3-12)17(19)21/h2-3,5-6,8-10H,4,7,18H2,1H3,(H2,19,21). The topological polar surface area (TPSA) is 86.2 Å². The van der Waals surface area contributed by atoms with Crippen molar-refractivity contribution in [2.75, 3.05) is 5.73 Å². The summed E-state index contributed by atoms with van der Waals surface area (Å²) in [5, 5.41) is 0. The summed E-state index contributed by atoms with van der Waals surface area (Å²) in [5.41, 5.74) is 14.6. The molecule has 0 spiro atoms. The molecule has 108 valence electrons. The third kappa shape index (κ3) is 3.92. The van der Waals surface area contributed by atoms with Crippen LogP contribution in [0.15, 0.2) is 42.5 Å². The number of carbonyl (C=O) groups excluding carboxylic acids is 2. The van der Waals surface area contributed by atoms with Gasteiger partial charge in [0.05, 0.1) is 0 Å². The van der Waals surface area contributed by atoms with Crippen molar-refractivity contribution in [2.45, 2.75) is 19.8 Å². The van der Waals surface area contributed by atoms with Gasteiger partial charge in [0, 0.05) is 23.2 Å². The van der Waals surface area contributed by atoms with Crippen molar-refractivity contribution in [3.05, 3.63) is 64.7 Å². The van der Waals surface area contributed by atoms with Gasteiger partial charge in [-0.2, -0.15) is 0 Å². The van der Waals surface area contributed by atoms with E-state index in [2.05, 4.69) is 0 Å². The van der Waals surface area contributed by atoms with Gasteiger partial charge in [-0.3, -0.25) is 9.59 Å². The SMILES string of the molecule is Cc1cc(N)cc(C(=O)CCc2ccc(C(N)=O)cc2)c1. The number of hydrogen-bond donors (Lipinski definition) is 2. The molecule has 2 rings (SSSR count). The number of nitrogen functional groups attached to an aromatic ring is 1. The first kappa shape index (κ1) is 14.8. The number of carbonyl (C=O) groups is 2. The van der Waals surface area contributed by atoms with Crippen LogP contribution >= 0.6 is 0 Å². The molecule has 0 saturated heterocycles. The molecule has 0 bridgehead atoms. The molecule has 0 unspecified atom stereocenters. The second-order valence-electron chi connectivity index (χ2n) is 5.12. The summed E-state index contributed by atoms with van der Waals surface area (Å²) in [5.74, 6) is -0.391. The Labute approximate surface area is 123 Å². The molecule has 0 heterocycles. The van der Waals surface area contributed by atoms with E-state index in [1.165, 1.54) is 0 Å². The van der Waals surface area contributed by atoms with Gasteiger partial charge >= 0.3 is 0 Å². The first-order chi connectivity index (χ1) is 9.95. The van der Waals surface area contributed by atoms with Gasteiger partial charge in [0.1, 0.15) is 0 Å². The number of amides is 1. The van der Waals surface area contributed by atoms with E-state index in [0.29, 0.717) is 29.7 Å². The van der Waals surface area contributed by atoms with E-state index in [1.807, 2.05) is 31.2 Å². The fourth-order valence-corrected chi connectivity index (χ4v) is 2.21. The first-order valence-electron chi connectivity index (χ1n) is 6.75. The normalized spacial score (nSPS) is 10.3. The Hall–Kier alpha value is -2.62. The van der Waals surface area contributed by atoms with Gasteiger partial charge in [-0.15, -0.1) is 0 Å². The molecule has 0 atom stereocenters. The molecule has 2 aromatic carbocycles. The second kappa shape index (κ2) is 6.22. The van der Waals surface area contributed by atoms with Crippen LogP contribution in [0.25, 0.3) is 0 Å². The molecule has 0 aliphatic rings. The Balaban J connectivity index is 2.02. The number of rotatable bonds is 5. The van der Waals surface area contributed by atoms with Gasteiger partial charge in [-0.25, -0.2) is 0 Å². The zero-order valence-corrected chi connectivity index (χ0v) is 11.9. The highest BCUT2D eigenvalue weighted by atomic mass is 16.1. The van der Waals surface area contributed by atoms with Crippen LogP contribution in [0.5, 0.6) is 0 Å². The number of anilines is 1. The molecule has 0 saturated carbocycles. The Bertz CT molecular complexity index is 655. The maximum Gasteiger partial charge on any atom is 0.248 e. The van der Waals surface area contributed by atoms with E-state index in [1.54, 1.807) is 18.2 Å². The molecule has 2 aromatic rings. The van der Waals surface area contributed by atoms with Crippen molar-refractivity contribution in [3.8, 4) is 0 Å². The number of primary amides is 1. The van der Waals surface area contributed by atoms with Gasteiger partial charge in [0.15, 0.2) is 5.78 Å². The molecular formula is C17H18N2O2. The monoisotopic (exact) mass is 282 g/mol. The highest BCUT2D eigenvalue weighted by molar-refractivity contribution is 5.97. The number of aryl methyl sites for hydroxylation is 2. The van der Waals surface area contributed by atoms with Crippen LogP contribution in [-0.2, 0) is 6.42 Å². The van der Waals surface area contributed by atoms with Crippen molar-refractivity contribution in [2.24, 2.45) is 5.73 Å². The lowest BCUT2D eigenvalue weighted by molar-refractivity contribution is 0.0979. The largest absolute Gasteiger partial charge is 0.399 e. The molecule has 0 fully saturated rings. The van der Waals surface area contributed by atoms with E-state index in [0.717, 1.165) is 11.1 Å². The number of Topliss-reactive ketones (excluding diaryl/α,β-unsaturated/α-hetero) is 1. The van der Waals surface area contributed by atoms with E-state index in [4.69, 9.17) is 11.5 Å². The summed E-state index contributed by atoms with van der Waals surface area (Å²) in [7, 11) is 0. The smallest absolute Gasteiger partial charge is 0.248 e. The summed E-state index contributed by atoms with van der Waals surface area (Å²) in [6.45, 7) is 1.91. The van der Waals surface area contributed by atoms with Crippen molar-refractivity contribution in [1.82, 2.24) is 0 Å². The molecule has 4 N–H and O–H groups in total. The minimum Gasteiger partial charge on any atom is -0.399 e. The third-order valence-corrected chi connectivity index (χ3v) is 3.30. The van der Waals surface area contributed by atoms with Crippen LogP contribution in [-0.4, -0.2) is 11.7 Å². The van der Waals surface area contributed by atoms with Crippen molar-refractivity contribution >= 4 is 17.4 Å². The zero-order valence-electron chi connectivity index (χ0n) is 11.9. The average molecular weight is 282 g/mol. The van der Waals surface area contributed by atoms with Crippen LogP contribution in [0.2, 0.25) is 0 Å². The lowest BCUT2D eigenvalue weighted by Gasteiger charge is -2.05. The summed E-state index contributed by atoms with van der Waals surface area (Å²) in [6, 6.07) is 12.4. The lowest BCUT2D eigenvalue weighted by Crippen LogP contribution is -2.10. The molecule has 1 amide bonds. The van der Waals surface area contributed by atoms with Crippen LogP contribution in [0.4, 0.5) is 5.69 Å². The minimum atomic E-state index is -0.451. The van der Waals surface area contributed by atoms with Crippen LogP contribution in [0, 0.1) is 6.92 Å². The predicted molar refractivity (Wildman–Crippen MR) is 83.2 cm³/mol. The highest BCUT2D eigenvalue weighted by Crippen LogP contribution is 2.15. The summed E-state index contributed by atoms with van der Waals surface area (Å²) >= 11 is 0. The van der Waals surface area contributed by atoms with Crippen molar-refractivity contribution < 1.29 is 9.59 Å². The fourth-order valence-electron chi connectivity index (χ4n) is 2.21. The van der Waals surface area contributed by atoms with Gasteiger partial charge in [-0.05, 0) is 54.8 Å². The van der Waals surface area contributed by atoms with Crippen LogP contribution in [0.1, 0.15) is 38.3 Å². The van der Waals surface area contributed by atoms with Gasteiger partial charge in [0.25, 0.3) is 0 Å². The molecular weight excluding hydrogens is 264 g/mol. The van der Waals surface area contributed by atoms with E-state index in [-0.39, 0.29) is 5.78 Å². The zero-order chi connectivity index (χ0) is 15.4. The lowest BCUT2D eigenvalue weighted by atomic mass is 10.00. The van der Waals surface area contributed by atoms with E-state index >= 15 is 0 Å². The average Bonchev–Trinajstić information content (AvgIpc) is 2.44. The maximum atomic E-state index is 12.2. The summed E-state index contributed by atoms with van der Waals surface area (Å²) in [6.07, 6.45) is 1.02. The Morgan fingerprint density at radius 3 is 2.24 bits per heavy atom. The Morgan fingerprint density at radius 2 is 1.67 bits per heavy atom. The van der Waals surface area contributed by atoms with E-state index < -0.39 is 5.91 Å². The number of benzene rings is 2. The van der Waals surface area contributed by atoms with Crippen molar-refractivity contribution in [3.63, 3.8) is 0 Å². The molecule has 0 radical (unpaired) electrons. The van der Waals surface area contributed by atoms with Crippen LogP contribution < -0.4 is 11.5 Å². The molecule has 4 heteroatoms. The first-order valence-corrected chi connectivity index (χ1v) is 6.75. The second-order valence-corrected chi connectivity index (χ2v) is 5.12. The quantitative estimate of drug-likeness (QED) is 0.652. The Morgan fingerprint density at radius 1 is 1.00 bits per heavy atom. The number of ketones is 1. The summed E-state index contributed by atoms with van der Waals surface area (Å²) in [4.78, 5) is 23.2. The van der Waals surface area contributed by atoms with Crippen molar-refractivity contribution in [1.29, 1.82) is 0 Å². The fraction of sp³-hybridized carbons (Fsp3) is 0.176. The minimum absolute atomic E-state index is 0.0596. The van der Waals surface area contributed by atoms with E-state index in [9.17, 15) is 9.59 Å². The maximum absolute atomic E-state index is 12.2. The van der Waals surface area contributed by atoms with Gasteiger partial charge < -0.3 is 11.5 Å². The molecule has 4 nitrogen and oxygen atoms in total. The molecule has 21 heavy (non-hydrogen) atoms. The van der Waals surface area contributed by atoms with Crippen LogP contribution in [0.3, 0.4) is 0 Å². The number of nitrogens with two attached hydrogens (primary N) is 2. The number of hydrogen-bond acceptors (Lipinski definition) is 3. The predicted octanol–water partition coefficient (Wildman–Crippen LogP) is 2.49. The highest BCUT2D eigenvalue weighted by Gasteiger charge is 2.08. The molecule has 0 aliphatic heterocycles. The molecule has 0 aliphatic carbocycles. The third-order valence-electron chi connectivity index (χ3n) is 3.30. The van der Waals surface area contributed by atoms with Gasteiger partial charge in [-0.1, -0.05) is 12.1 Å².